The molecule has 0 spiro atoms. The van der Waals surface area contributed by atoms with Gasteiger partial charge in [-0.15, -0.1) is 0 Å². The Morgan fingerprint density at radius 3 is 2.70 bits per heavy atom. The summed E-state index contributed by atoms with van der Waals surface area (Å²) >= 11 is 0. The Balaban J connectivity index is 1.34. The molecule has 8 N–H and O–H groups in total. The number of nitrogens with one attached hydrogen (secondary N) is 1. The third kappa shape index (κ3) is 5.09. The van der Waals surface area contributed by atoms with Crippen molar-refractivity contribution >= 4 is 33.1 Å². The molecular weight excluding hydrogens is 490 g/mol. The van der Waals surface area contributed by atoms with Crippen molar-refractivity contribution in [2.24, 2.45) is 0 Å². The van der Waals surface area contributed by atoms with Crippen molar-refractivity contribution in [3.05, 3.63) is 12.7 Å². The minimum Gasteiger partial charge on any atom is -0.389 e. The van der Waals surface area contributed by atoms with Crippen LogP contribution in [0, 0.1) is 0 Å². The van der Waals surface area contributed by atoms with Gasteiger partial charge in [0.1, 0.15) is 42.5 Å². The lowest BCUT2D eigenvalue weighted by Crippen LogP contribution is -2.34. The number of nitrogens with two attached hydrogens (primary N) is 1. The Labute approximate surface area is 185 Å². The number of aromatic nitrogens is 4. The monoisotopic (exact) mass is 512 g/mol. The van der Waals surface area contributed by atoms with Crippen LogP contribution >= 0.6 is 16.1 Å². The molecule has 0 saturated carbocycles. The normalized spacial score (nSPS) is 35.1. The topological polar surface area (TPSA) is 254 Å². The quantitative estimate of drug-likeness (QED) is 0.177. The van der Waals surface area contributed by atoms with E-state index in [9.17, 15) is 34.4 Å². The van der Waals surface area contributed by atoms with E-state index in [1.165, 1.54) is 17.2 Å². The third-order valence-electron chi connectivity index (χ3n) is 5.03. The van der Waals surface area contributed by atoms with Crippen LogP contribution in [0.25, 0.3) is 11.2 Å². The molecule has 33 heavy (non-hydrogen) atoms. The number of nitrogen functional groups attached to an aromatic ring is 1. The standard InChI is InChI=1S/C14H22N6O11P2/c15-11-7-12(18-3-17-11)20(4-19-7)14-10(24)9(23)6(29-14)2-28-32(25)31-33(26,27)30-13-8(22)5(21)1-16-13/h3-6,8-10,13-14,16,21-24,32H,1-2H2,(H,26,27)(H2,15,17,18)/t5?,6-,8?,9?,10?,13-,14-/m1/s1. The zero-order chi connectivity index (χ0) is 23.9. The average Bonchev–Trinajstić information content (AvgIpc) is 3.40. The summed E-state index contributed by atoms with van der Waals surface area (Å²) in [5, 5.41) is 42.1. The fourth-order valence-corrected chi connectivity index (χ4v) is 5.29. The molecule has 0 amide bonds. The Morgan fingerprint density at radius 1 is 1.24 bits per heavy atom. The summed E-state index contributed by atoms with van der Waals surface area (Å²) in [5.74, 6) is 0.105. The van der Waals surface area contributed by atoms with Crippen LogP contribution in [0.1, 0.15) is 6.23 Å². The van der Waals surface area contributed by atoms with E-state index in [1.807, 2.05) is 0 Å². The number of rotatable bonds is 8. The maximum atomic E-state index is 12.0. The van der Waals surface area contributed by atoms with E-state index in [-0.39, 0.29) is 23.5 Å². The highest BCUT2D eigenvalue weighted by Gasteiger charge is 2.45. The molecule has 2 fully saturated rings. The highest BCUT2D eigenvalue weighted by Crippen LogP contribution is 2.53. The molecule has 0 aromatic carbocycles. The Hall–Kier alpha value is -1.59. The Bertz CT molecular complexity index is 1070. The van der Waals surface area contributed by atoms with E-state index < -0.39 is 65.7 Å². The minimum absolute atomic E-state index is 0.0945. The summed E-state index contributed by atoms with van der Waals surface area (Å²) in [4.78, 5) is 21.6. The van der Waals surface area contributed by atoms with Gasteiger partial charge in [-0.3, -0.25) is 19.0 Å². The van der Waals surface area contributed by atoms with Crippen molar-refractivity contribution in [2.75, 3.05) is 18.9 Å². The molecule has 0 aliphatic carbocycles. The lowest BCUT2D eigenvalue weighted by atomic mass is 10.1. The van der Waals surface area contributed by atoms with Crippen molar-refractivity contribution in [3.8, 4) is 0 Å². The second-order valence-corrected chi connectivity index (χ2v) is 9.91. The molecule has 19 heteroatoms. The van der Waals surface area contributed by atoms with Gasteiger partial charge in [-0.05, 0) is 0 Å². The first-order valence-corrected chi connectivity index (χ1v) is 12.2. The van der Waals surface area contributed by atoms with Crippen LogP contribution < -0.4 is 11.1 Å². The summed E-state index contributed by atoms with van der Waals surface area (Å²) < 4.78 is 44.8. The van der Waals surface area contributed by atoms with Crippen molar-refractivity contribution in [1.82, 2.24) is 24.8 Å². The number of imidazole rings is 1. The van der Waals surface area contributed by atoms with Crippen LogP contribution in [0.5, 0.6) is 0 Å². The lowest BCUT2D eigenvalue weighted by Gasteiger charge is -2.20. The number of aliphatic hydroxyl groups excluding tert-OH is 4. The number of hydrogen-bond donors (Lipinski definition) is 7. The van der Waals surface area contributed by atoms with Gasteiger partial charge >= 0.3 is 16.1 Å². The van der Waals surface area contributed by atoms with Gasteiger partial charge in [-0.25, -0.2) is 23.8 Å². The molecule has 2 aromatic heterocycles. The van der Waals surface area contributed by atoms with Gasteiger partial charge in [0.05, 0.1) is 19.0 Å². The van der Waals surface area contributed by atoms with Crippen LogP contribution in [-0.2, 0) is 27.2 Å². The predicted molar refractivity (Wildman–Crippen MR) is 106 cm³/mol. The van der Waals surface area contributed by atoms with Gasteiger partial charge in [0.25, 0.3) is 0 Å². The molecule has 17 nitrogen and oxygen atoms in total. The largest absolute Gasteiger partial charge is 0.480 e. The number of hydrogen-bond acceptors (Lipinski definition) is 15. The number of β-amino-alcohol motifs (C(OH)–C–C–N with tert-alkyl or cyclic N) is 1. The minimum atomic E-state index is -4.95. The van der Waals surface area contributed by atoms with E-state index in [4.69, 9.17) is 15.0 Å². The van der Waals surface area contributed by atoms with Crippen molar-refractivity contribution < 1.29 is 52.5 Å². The van der Waals surface area contributed by atoms with Crippen molar-refractivity contribution in [2.45, 2.75) is 43.0 Å². The molecule has 2 aliphatic rings. The first-order valence-electron chi connectivity index (χ1n) is 9.49. The molecule has 2 aliphatic heterocycles. The third-order valence-corrected chi connectivity index (χ3v) is 7.45. The number of anilines is 1. The Kier molecular flexibility index (Phi) is 7.12. The average molecular weight is 512 g/mol. The zero-order valence-electron chi connectivity index (χ0n) is 16.6. The molecule has 9 atom stereocenters. The highest BCUT2D eigenvalue weighted by molar-refractivity contribution is 7.56. The zero-order valence-corrected chi connectivity index (χ0v) is 18.5. The summed E-state index contributed by atoms with van der Waals surface area (Å²) in [6, 6.07) is 0. The van der Waals surface area contributed by atoms with E-state index in [1.54, 1.807) is 0 Å². The second kappa shape index (κ2) is 9.58. The van der Waals surface area contributed by atoms with Gasteiger partial charge in [-0.2, -0.15) is 0 Å². The number of nitrogens with zero attached hydrogens (tertiary/aromatic N) is 4. The van der Waals surface area contributed by atoms with Crippen LogP contribution in [0.2, 0.25) is 0 Å². The van der Waals surface area contributed by atoms with Gasteiger partial charge in [0.2, 0.25) is 0 Å². The number of aliphatic hydroxyl groups is 4. The van der Waals surface area contributed by atoms with Gasteiger partial charge in [0, 0.05) is 6.54 Å². The first kappa shape index (κ1) is 24.5. The molecule has 0 radical (unpaired) electrons. The summed E-state index contributed by atoms with van der Waals surface area (Å²) in [5.41, 5.74) is 6.22. The molecular formula is C14H22N6O11P2. The lowest BCUT2D eigenvalue weighted by molar-refractivity contribution is -0.0480. The second-order valence-electron chi connectivity index (χ2n) is 7.24. The Morgan fingerprint density at radius 2 is 2.00 bits per heavy atom. The predicted octanol–water partition coefficient (Wildman–Crippen LogP) is -2.78. The fraction of sp³-hybridized carbons (Fsp3) is 0.643. The first-order chi connectivity index (χ1) is 15.6. The van der Waals surface area contributed by atoms with Gasteiger partial charge < -0.3 is 40.3 Å². The maximum absolute atomic E-state index is 12.0. The number of ether oxygens (including phenoxy) is 1. The smallest absolute Gasteiger partial charge is 0.389 e. The van der Waals surface area contributed by atoms with Crippen LogP contribution in [0.15, 0.2) is 12.7 Å². The van der Waals surface area contributed by atoms with Crippen LogP contribution in [0.4, 0.5) is 5.82 Å². The molecule has 2 aromatic rings. The van der Waals surface area contributed by atoms with Gasteiger partial charge in [0.15, 0.2) is 17.7 Å². The molecule has 4 rings (SSSR count). The summed E-state index contributed by atoms with van der Waals surface area (Å²) in [6.07, 6.45) is -6.97. The molecule has 2 saturated heterocycles. The molecule has 6 unspecified atom stereocenters. The molecule has 184 valence electrons. The number of phosphoric ester groups is 1. The highest BCUT2D eigenvalue weighted by atomic mass is 31.2. The van der Waals surface area contributed by atoms with E-state index in [2.05, 4.69) is 29.1 Å². The fourth-order valence-electron chi connectivity index (χ4n) is 3.37. The van der Waals surface area contributed by atoms with E-state index >= 15 is 0 Å². The summed E-state index contributed by atoms with van der Waals surface area (Å²) in [7, 11) is -8.60. The maximum Gasteiger partial charge on any atom is 0.480 e. The van der Waals surface area contributed by atoms with Crippen molar-refractivity contribution in [3.63, 3.8) is 0 Å². The molecule has 0 bridgehead atoms. The molecule has 4 heterocycles. The van der Waals surface area contributed by atoms with Crippen LogP contribution in [0.3, 0.4) is 0 Å². The van der Waals surface area contributed by atoms with E-state index in [0.29, 0.717) is 0 Å². The SMILES string of the molecule is Nc1ncnc2c1ncn2[C@@H]1O[C@H](CO[PH](=O)OP(=O)(O)O[C@H]2NCC(O)C2O)C(O)C1O. The number of fused-ring (bicyclic) bond motifs is 1. The summed E-state index contributed by atoms with van der Waals surface area (Å²) in [6.45, 7) is -0.679. The van der Waals surface area contributed by atoms with Gasteiger partial charge in [-0.1, -0.05) is 0 Å². The van der Waals surface area contributed by atoms with Crippen molar-refractivity contribution in [1.29, 1.82) is 0 Å². The van der Waals surface area contributed by atoms with E-state index in [0.717, 1.165) is 0 Å². The number of phosphoric acid groups is 1. The van der Waals surface area contributed by atoms with Crippen LogP contribution in [-0.4, -0.2) is 94.7 Å².